The van der Waals surface area contributed by atoms with Crippen molar-refractivity contribution in [3.05, 3.63) is 32.8 Å². The standard InChI is InChI=1S/C11H14ClN3O2/c1-8-6-9(12)11(10(7-8)15(16)17)14-4-2-13-3-5-14/h6-7,13H,2-5H2,1H3. The van der Waals surface area contributed by atoms with E-state index in [9.17, 15) is 10.1 Å². The fraction of sp³-hybridized carbons (Fsp3) is 0.455. The molecule has 1 N–H and O–H groups in total. The fourth-order valence-electron chi connectivity index (χ4n) is 2.06. The topological polar surface area (TPSA) is 58.4 Å². The van der Waals surface area contributed by atoms with Gasteiger partial charge in [-0.05, 0) is 18.6 Å². The highest BCUT2D eigenvalue weighted by Crippen LogP contribution is 2.36. The van der Waals surface area contributed by atoms with Gasteiger partial charge in [-0.15, -0.1) is 0 Å². The number of rotatable bonds is 2. The van der Waals surface area contributed by atoms with Gasteiger partial charge in [0.05, 0.1) is 9.95 Å². The van der Waals surface area contributed by atoms with Gasteiger partial charge in [-0.2, -0.15) is 0 Å². The third kappa shape index (κ3) is 2.50. The van der Waals surface area contributed by atoms with Crippen LogP contribution in [-0.2, 0) is 0 Å². The Hall–Kier alpha value is -1.33. The van der Waals surface area contributed by atoms with Crippen molar-refractivity contribution in [3.8, 4) is 0 Å². The molecular weight excluding hydrogens is 242 g/mol. The number of anilines is 1. The monoisotopic (exact) mass is 255 g/mol. The molecule has 6 heteroatoms. The third-order valence-corrected chi connectivity index (χ3v) is 3.11. The van der Waals surface area contributed by atoms with Gasteiger partial charge in [0.2, 0.25) is 0 Å². The van der Waals surface area contributed by atoms with Crippen LogP contribution in [0.2, 0.25) is 5.02 Å². The average Bonchev–Trinajstić information content (AvgIpc) is 2.29. The van der Waals surface area contributed by atoms with Gasteiger partial charge in [-0.1, -0.05) is 11.6 Å². The Kier molecular flexibility index (Phi) is 3.49. The number of nitrogens with one attached hydrogen (secondary N) is 1. The molecule has 0 saturated carbocycles. The maximum atomic E-state index is 11.1. The summed E-state index contributed by atoms with van der Waals surface area (Å²) in [5.41, 5.74) is 1.45. The van der Waals surface area contributed by atoms with E-state index in [0.29, 0.717) is 10.7 Å². The minimum absolute atomic E-state index is 0.0944. The van der Waals surface area contributed by atoms with E-state index in [-0.39, 0.29) is 10.6 Å². The first kappa shape index (κ1) is 12.1. The minimum atomic E-state index is -0.365. The van der Waals surface area contributed by atoms with Crippen molar-refractivity contribution >= 4 is 23.0 Å². The molecule has 5 nitrogen and oxygen atoms in total. The predicted molar refractivity (Wildman–Crippen MR) is 67.9 cm³/mol. The van der Waals surface area contributed by atoms with Crippen molar-refractivity contribution in [2.75, 3.05) is 31.1 Å². The second kappa shape index (κ2) is 4.89. The number of hydrogen-bond acceptors (Lipinski definition) is 4. The fourth-order valence-corrected chi connectivity index (χ4v) is 2.45. The van der Waals surface area contributed by atoms with Crippen LogP contribution in [0.5, 0.6) is 0 Å². The van der Waals surface area contributed by atoms with Crippen LogP contribution in [-0.4, -0.2) is 31.1 Å². The molecule has 1 saturated heterocycles. The molecule has 0 spiro atoms. The maximum Gasteiger partial charge on any atom is 0.294 e. The van der Waals surface area contributed by atoms with Crippen LogP contribution in [0, 0.1) is 17.0 Å². The Morgan fingerprint density at radius 3 is 2.65 bits per heavy atom. The molecule has 1 aliphatic rings. The van der Waals surface area contributed by atoms with Crippen LogP contribution >= 0.6 is 11.6 Å². The average molecular weight is 256 g/mol. The SMILES string of the molecule is Cc1cc(Cl)c(N2CCNCC2)c([N+](=O)[O-])c1. The number of nitro groups is 1. The molecule has 1 fully saturated rings. The summed E-state index contributed by atoms with van der Waals surface area (Å²) >= 11 is 6.15. The molecule has 0 aliphatic carbocycles. The molecule has 1 aromatic rings. The number of hydrogen-bond donors (Lipinski definition) is 1. The third-order valence-electron chi connectivity index (χ3n) is 2.82. The molecule has 0 aromatic heterocycles. The molecule has 0 bridgehead atoms. The van der Waals surface area contributed by atoms with Gasteiger partial charge in [-0.25, -0.2) is 0 Å². The molecule has 0 unspecified atom stereocenters. The number of aryl methyl sites for hydroxylation is 1. The van der Waals surface area contributed by atoms with Crippen molar-refractivity contribution in [2.24, 2.45) is 0 Å². The Bertz CT molecular complexity index is 445. The van der Waals surface area contributed by atoms with Crippen LogP contribution in [0.15, 0.2) is 12.1 Å². The second-order valence-corrected chi connectivity index (χ2v) is 4.52. The van der Waals surface area contributed by atoms with Gasteiger partial charge < -0.3 is 10.2 Å². The normalized spacial score (nSPS) is 16.0. The lowest BCUT2D eigenvalue weighted by Crippen LogP contribution is -2.43. The Morgan fingerprint density at radius 2 is 2.06 bits per heavy atom. The molecule has 92 valence electrons. The van der Waals surface area contributed by atoms with Gasteiger partial charge in [0.25, 0.3) is 5.69 Å². The molecule has 2 rings (SSSR count). The number of nitro benzene ring substituents is 1. The maximum absolute atomic E-state index is 11.1. The first-order valence-electron chi connectivity index (χ1n) is 5.50. The van der Waals surface area contributed by atoms with Crippen LogP contribution in [0.1, 0.15) is 5.56 Å². The molecular formula is C11H14ClN3O2. The summed E-state index contributed by atoms with van der Waals surface area (Å²) < 4.78 is 0. The molecule has 1 aromatic carbocycles. The summed E-state index contributed by atoms with van der Waals surface area (Å²) in [6.45, 7) is 4.93. The zero-order valence-corrected chi connectivity index (χ0v) is 10.3. The Morgan fingerprint density at radius 1 is 1.41 bits per heavy atom. The molecule has 1 aliphatic heterocycles. The summed E-state index contributed by atoms with van der Waals surface area (Å²) in [4.78, 5) is 12.7. The van der Waals surface area contributed by atoms with E-state index in [0.717, 1.165) is 31.7 Å². The van der Waals surface area contributed by atoms with Crippen molar-refractivity contribution in [3.63, 3.8) is 0 Å². The summed E-state index contributed by atoms with van der Waals surface area (Å²) in [6.07, 6.45) is 0. The summed E-state index contributed by atoms with van der Waals surface area (Å²) in [5.74, 6) is 0. The van der Waals surface area contributed by atoms with E-state index in [1.54, 1.807) is 19.1 Å². The van der Waals surface area contributed by atoms with E-state index >= 15 is 0 Å². The van der Waals surface area contributed by atoms with Gasteiger partial charge in [-0.3, -0.25) is 10.1 Å². The summed E-state index contributed by atoms with van der Waals surface area (Å²) in [7, 11) is 0. The number of benzene rings is 1. The lowest BCUT2D eigenvalue weighted by molar-refractivity contribution is -0.384. The lowest BCUT2D eigenvalue weighted by Gasteiger charge is -2.29. The highest BCUT2D eigenvalue weighted by atomic mass is 35.5. The van der Waals surface area contributed by atoms with Crippen LogP contribution in [0.3, 0.4) is 0 Å². The van der Waals surface area contributed by atoms with Crippen molar-refractivity contribution in [1.82, 2.24) is 5.32 Å². The van der Waals surface area contributed by atoms with Gasteiger partial charge in [0, 0.05) is 32.2 Å². The van der Waals surface area contributed by atoms with Crippen LogP contribution in [0.25, 0.3) is 0 Å². The quantitative estimate of drug-likeness (QED) is 0.648. The Labute approximate surface area is 105 Å². The highest BCUT2D eigenvalue weighted by Gasteiger charge is 2.24. The first-order valence-corrected chi connectivity index (χ1v) is 5.87. The molecule has 0 atom stereocenters. The molecule has 17 heavy (non-hydrogen) atoms. The zero-order chi connectivity index (χ0) is 12.4. The van der Waals surface area contributed by atoms with Gasteiger partial charge in [0.1, 0.15) is 5.69 Å². The largest absolute Gasteiger partial charge is 0.362 e. The smallest absolute Gasteiger partial charge is 0.294 e. The van der Waals surface area contributed by atoms with Crippen molar-refractivity contribution < 1.29 is 4.92 Å². The van der Waals surface area contributed by atoms with Gasteiger partial charge in [0.15, 0.2) is 0 Å². The second-order valence-electron chi connectivity index (χ2n) is 4.11. The predicted octanol–water partition coefficient (Wildman–Crippen LogP) is 1.97. The number of piperazine rings is 1. The van der Waals surface area contributed by atoms with E-state index < -0.39 is 0 Å². The summed E-state index contributed by atoms with van der Waals surface area (Å²) in [5, 5.41) is 14.7. The van der Waals surface area contributed by atoms with Gasteiger partial charge >= 0.3 is 0 Å². The molecule has 0 radical (unpaired) electrons. The molecule has 1 heterocycles. The highest BCUT2D eigenvalue weighted by molar-refractivity contribution is 6.34. The zero-order valence-electron chi connectivity index (χ0n) is 9.57. The van der Waals surface area contributed by atoms with E-state index in [1.165, 1.54) is 0 Å². The minimum Gasteiger partial charge on any atom is -0.362 e. The first-order chi connectivity index (χ1) is 8.09. The van der Waals surface area contributed by atoms with Crippen molar-refractivity contribution in [1.29, 1.82) is 0 Å². The Balaban J connectivity index is 2.46. The van der Waals surface area contributed by atoms with E-state index in [4.69, 9.17) is 11.6 Å². The lowest BCUT2D eigenvalue weighted by atomic mass is 10.1. The van der Waals surface area contributed by atoms with Crippen molar-refractivity contribution in [2.45, 2.75) is 6.92 Å². The van der Waals surface area contributed by atoms with E-state index in [2.05, 4.69) is 5.32 Å². The molecule has 0 amide bonds. The van der Waals surface area contributed by atoms with Crippen LogP contribution in [0.4, 0.5) is 11.4 Å². The van der Waals surface area contributed by atoms with E-state index in [1.807, 2.05) is 4.90 Å². The summed E-state index contributed by atoms with van der Waals surface area (Å²) in [6, 6.07) is 3.34. The number of halogens is 1. The number of nitrogens with zero attached hydrogens (tertiary/aromatic N) is 2. The van der Waals surface area contributed by atoms with Crippen LogP contribution < -0.4 is 10.2 Å².